The van der Waals surface area contributed by atoms with Crippen LogP contribution in [-0.2, 0) is 28.9 Å². The molecule has 0 unspecified atom stereocenters. The highest BCUT2D eigenvalue weighted by atomic mass is 32.2. The van der Waals surface area contributed by atoms with Crippen LogP contribution in [0.3, 0.4) is 0 Å². The molecule has 0 fully saturated rings. The van der Waals surface area contributed by atoms with Crippen LogP contribution in [0.25, 0.3) is 0 Å². The van der Waals surface area contributed by atoms with Gasteiger partial charge in [0.2, 0.25) is 15.9 Å². The van der Waals surface area contributed by atoms with Crippen LogP contribution >= 0.6 is 0 Å². The normalized spacial score (nSPS) is 12.4. The summed E-state index contributed by atoms with van der Waals surface area (Å²) in [5, 5.41) is 8.37. The van der Waals surface area contributed by atoms with Gasteiger partial charge in [0.1, 0.15) is 11.4 Å². The summed E-state index contributed by atoms with van der Waals surface area (Å²) in [5.41, 5.74) is 2.15. The predicted octanol–water partition coefficient (Wildman–Crippen LogP) is 2.77. The maximum atomic E-state index is 13.0. The molecule has 2 aromatic heterocycles. The Hall–Kier alpha value is -5.38. The van der Waals surface area contributed by atoms with Gasteiger partial charge in [-0.3, -0.25) is 24.0 Å². The molecule has 4 N–H and O–H groups in total. The lowest BCUT2D eigenvalue weighted by Crippen LogP contribution is -2.28. The van der Waals surface area contributed by atoms with Crippen LogP contribution in [0, 0.1) is 0 Å². The molecule has 0 saturated heterocycles. The molecule has 0 aliphatic heterocycles. The highest BCUT2D eigenvalue weighted by Gasteiger charge is 2.30. The molecule has 0 spiro atoms. The first-order chi connectivity index (χ1) is 23.7. The number of sulfonamides is 1. The van der Waals surface area contributed by atoms with Crippen molar-refractivity contribution in [1.82, 2.24) is 24.1 Å². The number of aryl methyl sites for hydroxylation is 2. The minimum absolute atomic E-state index is 0.0170. The summed E-state index contributed by atoms with van der Waals surface area (Å²) in [6.45, 7) is 1.31. The SMILES string of the molecule is CN(C)CCCNC(=O)c1cc(NC(=O)c2cc(NC(=O)CCCNS(=O)(=O)c3ccc4c(c3)C(=O)c3ccccc3C4=O)cn2C)cn1C. The minimum atomic E-state index is -4.04. The third kappa shape index (κ3) is 8.07. The smallest absolute Gasteiger partial charge is 0.272 e. The van der Waals surface area contributed by atoms with Gasteiger partial charge in [-0.25, -0.2) is 13.1 Å². The van der Waals surface area contributed by atoms with Crippen LogP contribution in [0.5, 0.6) is 0 Å². The standard InChI is InChI=1S/C35H39N7O7S/c1-40(2)16-8-14-36-34(46)29-18-23(21-41(29)3)39-35(47)30-17-22(20-42(30)4)38-31(43)11-7-15-37-50(48,49)24-12-13-27-28(19-24)33(45)26-10-6-5-9-25(26)32(27)44/h5-6,9-10,12-13,17-21,37H,7-8,11,14-16H2,1-4H3,(H,36,46)(H,38,43)(H,39,47). The van der Waals surface area contributed by atoms with Crippen LogP contribution < -0.4 is 20.7 Å². The van der Waals surface area contributed by atoms with Crippen molar-refractivity contribution in [3.63, 3.8) is 0 Å². The molecule has 3 amide bonds. The number of nitrogens with one attached hydrogen (secondary N) is 4. The molecule has 0 saturated carbocycles. The topological polar surface area (TPSA) is 181 Å². The zero-order valence-electron chi connectivity index (χ0n) is 28.2. The molecule has 0 radical (unpaired) electrons. The second kappa shape index (κ2) is 15.0. The molecule has 4 aromatic rings. The molecule has 1 aliphatic carbocycles. The average molecular weight is 702 g/mol. The number of ketones is 2. The Bertz CT molecular complexity index is 2100. The Labute approximate surface area is 289 Å². The van der Waals surface area contributed by atoms with Gasteiger partial charge in [0.15, 0.2) is 11.6 Å². The van der Waals surface area contributed by atoms with Gasteiger partial charge in [-0.2, -0.15) is 0 Å². The van der Waals surface area contributed by atoms with E-state index in [1.54, 1.807) is 59.9 Å². The van der Waals surface area contributed by atoms with Crippen molar-refractivity contribution in [2.24, 2.45) is 14.1 Å². The van der Waals surface area contributed by atoms with E-state index in [-0.39, 0.29) is 69.8 Å². The zero-order valence-corrected chi connectivity index (χ0v) is 29.0. The number of rotatable bonds is 14. The van der Waals surface area contributed by atoms with Crippen LogP contribution in [0.4, 0.5) is 11.4 Å². The number of aromatic nitrogens is 2. The van der Waals surface area contributed by atoms with Gasteiger partial charge in [-0.15, -0.1) is 0 Å². The fourth-order valence-electron chi connectivity index (χ4n) is 5.61. The van der Waals surface area contributed by atoms with Crippen molar-refractivity contribution < 1.29 is 32.4 Å². The van der Waals surface area contributed by atoms with E-state index >= 15 is 0 Å². The molecule has 0 bridgehead atoms. The van der Waals surface area contributed by atoms with Crippen LogP contribution in [0.15, 0.2) is 71.9 Å². The first-order valence-corrected chi connectivity index (χ1v) is 17.4. The van der Waals surface area contributed by atoms with E-state index in [1.807, 2.05) is 19.0 Å². The Kier molecular flexibility index (Phi) is 10.8. The highest BCUT2D eigenvalue weighted by Crippen LogP contribution is 2.29. The number of anilines is 2. The van der Waals surface area contributed by atoms with Crippen LogP contribution in [0.1, 0.15) is 72.1 Å². The Morgan fingerprint density at radius 2 is 1.30 bits per heavy atom. The second-order valence-corrected chi connectivity index (χ2v) is 14.0. The number of benzene rings is 2. The van der Waals surface area contributed by atoms with Crippen molar-refractivity contribution in [3.8, 4) is 0 Å². The van der Waals surface area contributed by atoms with Crippen molar-refractivity contribution in [1.29, 1.82) is 0 Å². The van der Waals surface area contributed by atoms with E-state index in [9.17, 15) is 32.4 Å². The van der Waals surface area contributed by atoms with Crippen molar-refractivity contribution in [2.45, 2.75) is 24.2 Å². The van der Waals surface area contributed by atoms with Crippen molar-refractivity contribution in [3.05, 3.63) is 101 Å². The third-order valence-corrected chi connectivity index (χ3v) is 9.62. The Morgan fingerprint density at radius 3 is 1.94 bits per heavy atom. The largest absolute Gasteiger partial charge is 0.351 e. The summed E-state index contributed by atoms with van der Waals surface area (Å²) in [6, 6.07) is 13.3. The van der Waals surface area contributed by atoms with Gasteiger partial charge < -0.3 is 30.0 Å². The summed E-state index contributed by atoms with van der Waals surface area (Å²) < 4.78 is 31.6. The summed E-state index contributed by atoms with van der Waals surface area (Å²) in [7, 11) is 3.25. The second-order valence-electron chi connectivity index (χ2n) is 12.3. The van der Waals surface area contributed by atoms with Gasteiger partial charge >= 0.3 is 0 Å². The molecule has 14 nitrogen and oxygen atoms in total. The average Bonchev–Trinajstić information content (AvgIpc) is 3.64. The molecule has 15 heteroatoms. The first-order valence-electron chi connectivity index (χ1n) is 15.9. The lowest BCUT2D eigenvalue weighted by Gasteiger charge is -2.18. The van der Waals surface area contributed by atoms with Gasteiger partial charge in [0.05, 0.1) is 16.3 Å². The number of nitrogens with zero attached hydrogens (tertiary/aromatic N) is 3. The molecular weight excluding hydrogens is 662 g/mol. The van der Waals surface area contributed by atoms with Crippen molar-refractivity contribution in [2.75, 3.05) is 44.4 Å². The number of amides is 3. The lowest BCUT2D eigenvalue weighted by molar-refractivity contribution is -0.116. The lowest BCUT2D eigenvalue weighted by atomic mass is 9.84. The summed E-state index contributed by atoms with van der Waals surface area (Å²) in [4.78, 5) is 66.0. The van der Waals surface area contributed by atoms with E-state index in [0.29, 0.717) is 23.6 Å². The third-order valence-electron chi connectivity index (χ3n) is 8.16. The summed E-state index contributed by atoms with van der Waals surface area (Å²) in [5.74, 6) is -1.85. The summed E-state index contributed by atoms with van der Waals surface area (Å²) in [6.07, 6.45) is 4.17. The van der Waals surface area contributed by atoms with E-state index in [4.69, 9.17) is 0 Å². The molecule has 0 atom stereocenters. The fourth-order valence-corrected chi connectivity index (χ4v) is 6.71. The molecule has 5 rings (SSSR count). The molecule has 50 heavy (non-hydrogen) atoms. The summed E-state index contributed by atoms with van der Waals surface area (Å²) >= 11 is 0. The highest BCUT2D eigenvalue weighted by molar-refractivity contribution is 7.89. The quantitative estimate of drug-likeness (QED) is 0.128. The molecule has 262 valence electrons. The minimum Gasteiger partial charge on any atom is -0.351 e. The molecule has 2 heterocycles. The van der Waals surface area contributed by atoms with Gasteiger partial charge in [-0.1, -0.05) is 24.3 Å². The monoisotopic (exact) mass is 701 g/mol. The van der Waals surface area contributed by atoms with Crippen LogP contribution in [-0.4, -0.2) is 85.5 Å². The zero-order chi connectivity index (χ0) is 36.2. The fraction of sp³-hybridized carbons (Fsp3) is 0.286. The number of carbonyl (C=O) groups excluding carboxylic acids is 5. The number of fused-ring (bicyclic) bond motifs is 2. The number of hydrogen-bond acceptors (Lipinski definition) is 8. The van der Waals surface area contributed by atoms with Gasteiger partial charge in [-0.05, 0) is 63.8 Å². The Balaban J connectivity index is 1.10. The first kappa shape index (κ1) is 35.9. The number of hydrogen-bond donors (Lipinski definition) is 4. The van der Waals surface area contributed by atoms with Gasteiger partial charge in [0, 0.05) is 68.3 Å². The van der Waals surface area contributed by atoms with Crippen molar-refractivity contribution >= 4 is 50.7 Å². The van der Waals surface area contributed by atoms with Crippen LogP contribution in [0.2, 0.25) is 0 Å². The van der Waals surface area contributed by atoms with E-state index in [2.05, 4.69) is 20.7 Å². The number of carbonyl (C=O) groups is 5. The van der Waals surface area contributed by atoms with E-state index in [1.165, 1.54) is 30.3 Å². The molecule has 2 aromatic carbocycles. The van der Waals surface area contributed by atoms with E-state index < -0.39 is 21.7 Å². The Morgan fingerprint density at radius 1 is 0.720 bits per heavy atom. The van der Waals surface area contributed by atoms with E-state index in [0.717, 1.165) is 13.0 Å². The van der Waals surface area contributed by atoms with Gasteiger partial charge in [0.25, 0.3) is 11.8 Å². The predicted molar refractivity (Wildman–Crippen MR) is 187 cm³/mol. The maximum Gasteiger partial charge on any atom is 0.272 e. The molecule has 1 aliphatic rings. The molecular formula is C35H39N7O7S. The maximum absolute atomic E-state index is 13.0.